The molecule has 1 amide bonds. The number of nitrogens with one attached hydrogen (secondary N) is 2. The summed E-state index contributed by atoms with van der Waals surface area (Å²) in [6.45, 7) is 3.76. The number of amides is 1. The second-order valence-corrected chi connectivity index (χ2v) is 5.16. The lowest BCUT2D eigenvalue weighted by atomic mass is 10.2. The number of hydrogen-bond donors (Lipinski definition) is 2. The molecule has 0 spiro atoms. The Labute approximate surface area is 138 Å². The Bertz CT molecular complexity index is 797. The van der Waals surface area contributed by atoms with Gasteiger partial charge in [-0.25, -0.2) is 5.43 Å². The van der Waals surface area contributed by atoms with Crippen LogP contribution in [0.25, 0.3) is 0 Å². The average molecular weight is 330 g/mol. The monoisotopic (exact) mass is 330 g/mol. The second kappa shape index (κ2) is 7.36. The quantitative estimate of drug-likeness (QED) is 0.474. The van der Waals surface area contributed by atoms with Gasteiger partial charge in [-0.15, -0.1) is 0 Å². The molecule has 9 nitrogen and oxygen atoms in total. The van der Waals surface area contributed by atoms with Crippen molar-refractivity contribution in [2.45, 2.75) is 20.4 Å². The summed E-state index contributed by atoms with van der Waals surface area (Å²) in [5, 5.41) is 21.8. The van der Waals surface area contributed by atoms with Crippen LogP contribution in [-0.2, 0) is 11.3 Å². The zero-order valence-electron chi connectivity index (χ0n) is 13.6. The van der Waals surface area contributed by atoms with E-state index in [9.17, 15) is 14.9 Å². The molecular formula is C15H18N6O3. The molecule has 126 valence electrons. The molecule has 2 N–H and O–H groups in total. The SMILES string of the molecule is CNc1ccc(/C=N/NC(=O)Cn2nc(C)cc2C)cc1[N+](=O)[O-]. The van der Waals surface area contributed by atoms with Gasteiger partial charge in [0.1, 0.15) is 12.2 Å². The van der Waals surface area contributed by atoms with Crippen molar-refractivity contribution in [3.63, 3.8) is 0 Å². The molecule has 1 heterocycles. The van der Waals surface area contributed by atoms with E-state index in [1.54, 1.807) is 23.9 Å². The first-order chi connectivity index (χ1) is 11.4. The number of benzene rings is 1. The zero-order chi connectivity index (χ0) is 17.7. The third-order valence-corrected chi connectivity index (χ3v) is 3.29. The molecule has 1 aromatic carbocycles. The molecule has 0 atom stereocenters. The number of nitro groups is 1. The van der Waals surface area contributed by atoms with Crippen molar-refractivity contribution in [3.05, 3.63) is 51.3 Å². The van der Waals surface area contributed by atoms with Gasteiger partial charge in [-0.1, -0.05) is 6.07 Å². The van der Waals surface area contributed by atoms with Crippen LogP contribution < -0.4 is 10.7 Å². The third-order valence-electron chi connectivity index (χ3n) is 3.29. The van der Waals surface area contributed by atoms with Crippen LogP contribution in [-0.4, -0.2) is 33.9 Å². The molecule has 0 aliphatic rings. The highest BCUT2D eigenvalue weighted by atomic mass is 16.6. The van der Waals surface area contributed by atoms with Crippen molar-refractivity contribution in [1.29, 1.82) is 0 Å². The van der Waals surface area contributed by atoms with Gasteiger partial charge in [-0.3, -0.25) is 19.6 Å². The van der Waals surface area contributed by atoms with Gasteiger partial charge >= 0.3 is 0 Å². The van der Waals surface area contributed by atoms with Crippen molar-refractivity contribution in [1.82, 2.24) is 15.2 Å². The molecule has 0 aliphatic carbocycles. The number of aryl methyl sites for hydroxylation is 2. The Morgan fingerprint density at radius 3 is 2.75 bits per heavy atom. The van der Waals surface area contributed by atoms with Gasteiger partial charge in [-0.2, -0.15) is 10.2 Å². The predicted octanol–water partition coefficient (Wildman–Crippen LogP) is 1.60. The summed E-state index contributed by atoms with van der Waals surface area (Å²) < 4.78 is 1.58. The number of anilines is 1. The molecule has 2 rings (SSSR count). The van der Waals surface area contributed by atoms with Crippen LogP contribution in [0.4, 0.5) is 11.4 Å². The minimum atomic E-state index is -0.482. The Kier molecular flexibility index (Phi) is 5.25. The van der Waals surface area contributed by atoms with Gasteiger partial charge in [0, 0.05) is 24.4 Å². The van der Waals surface area contributed by atoms with Gasteiger partial charge in [0.05, 0.1) is 16.8 Å². The molecule has 2 aromatic rings. The van der Waals surface area contributed by atoms with Crippen LogP contribution in [0, 0.1) is 24.0 Å². The number of nitro benzene ring substituents is 1. The normalized spacial score (nSPS) is 10.8. The lowest BCUT2D eigenvalue weighted by Gasteiger charge is -2.04. The van der Waals surface area contributed by atoms with Crippen LogP contribution in [0.1, 0.15) is 17.0 Å². The Morgan fingerprint density at radius 2 is 2.17 bits per heavy atom. The molecule has 0 saturated carbocycles. The number of carbonyl (C=O) groups is 1. The molecule has 0 fully saturated rings. The molecular weight excluding hydrogens is 312 g/mol. The summed E-state index contributed by atoms with van der Waals surface area (Å²) in [5.74, 6) is -0.334. The fourth-order valence-corrected chi connectivity index (χ4v) is 2.18. The number of rotatable bonds is 6. The topological polar surface area (TPSA) is 114 Å². The Balaban J connectivity index is 2.01. The molecule has 24 heavy (non-hydrogen) atoms. The fraction of sp³-hybridized carbons (Fsp3) is 0.267. The van der Waals surface area contributed by atoms with E-state index in [1.807, 2.05) is 19.9 Å². The van der Waals surface area contributed by atoms with E-state index >= 15 is 0 Å². The van der Waals surface area contributed by atoms with Gasteiger partial charge in [0.25, 0.3) is 11.6 Å². The maximum atomic E-state index is 11.8. The maximum Gasteiger partial charge on any atom is 0.292 e. The fourth-order valence-electron chi connectivity index (χ4n) is 2.18. The van der Waals surface area contributed by atoms with Crippen LogP contribution in [0.15, 0.2) is 29.4 Å². The summed E-state index contributed by atoms with van der Waals surface area (Å²) in [5.41, 5.74) is 4.95. The molecule has 0 unspecified atom stereocenters. The van der Waals surface area contributed by atoms with E-state index in [2.05, 4.69) is 20.9 Å². The molecule has 0 aliphatic heterocycles. The summed E-state index contributed by atoms with van der Waals surface area (Å²) in [6, 6.07) is 6.49. The summed E-state index contributed by atoms with van der Waals surface area (Å²) >= 11 is 0. The van der Waals surface area contributed by atoms with Crippen LogP contribution in [0.5, 0.6) is 0 Å². The largest absolute Gasteiger partial charge is 0.383 e. The summed E-state index contributed by atoms with van der Waals surface area (Å²) in [6.07, 6.45) is 1.35. The number of hydrazone groups is 1. The maximum absolute atomic E-state index is 11.8. The van der Waals surface area contributed by atoms with Gasteiger partial charge in [0.2, 0.25) is 0 Å². The third kappa shape index (κ3) is 4.15. The Morgan fingerprint density at radius 1 is 1.42 bits per heavy atom. The second-order valence-electron chi connectivity index (χ2n) is 5.16. The molecule has 0 bridgehead atoms. The minimum Gasteiger partial charge on any atom is -0.383 e. The molecule has 9 heteroatoms. The molecule has 1 aromatic heterocycles. The van der Waals surface area contributed by atoms with E-state index in [0.717, 1.165) is 11.4 Å². The van der Waals surface area contributed by atoms with E-state index in [1.165, 1.54) is 12.3 Å². The summed E-state index contributed by atoms with van der Waals surface area (Å²) in [7, 11) is 1.61. The average Bonchev–Trinajstić information content (AvgIpc) is 2.84. The lowest BCUT2D eigenvalue weighted by molar-refractivity contribution is -0.383. The van der Waals surface area contributed by atoms with Gasteiger partial charge in [0.15, 0.2) is 0 Å². The van der Waals surface area contributed by atoms with Crippen molar-refractivity contribution in [2.24, 2.45) is 5.10 Å². The van der Waals surface area contributed by atoms with Gasteiger partial charge < -0.3 is 5.32 Å². The zero-order valence-corrected chi connectivity index (χ0v) is 13.6. The van der Waals surface area contributed by atoms with Crippen molar-refractivity contribution in [2.75, 3.05) is 12.4 Å². The first-order valence-electron chi connectivity index (χ1n) is 7.20. The molecule has 0 saturated heterocycles. The number of aromatic nitrogens is 2. The molecule has 0 radical (unpaired) electrons. The van der Waals surface area contributed by atoms with E-state index in [4.69, 9.17) is 0 Å². The van der Waals surface area contributed by atoms with Crippen LogP contribution in [0.2, 0.25) is 0 Å². The van der Waals surface area contributed by atoms with E-state index in [-0.39, 0.29) is 18.1 Å². The minimum absolute atomic E-state index is 0.0514. The standard InChI is InChI=1S/C15H18N6O3/c1-10-6-11(2)20(19-10)9-15(22)18-17-8-12-4-5-13(16-3)14(7-12)21(23)24/h4-8,16H,9H2,1-3H3,(H,18,22)/b17-8+. The highest BCUT2D eigenvalue weighted by molar-refractivity contribution is 5.84. The number of carbonyl (C=O) groups excluding carboxylic acids is 1. The Hall–Kier alpha value is -3.23. The highest BCUT2D eigenvalue weighted by Gasteiger charge is 2.12. The smallest absolute Gasteiger partial charge is 0.292 e. The first-order valence-corrected chi connectivity index (χ1v) is 7.20. The van der Waals surface area contributed by atoms with Crippen molar-refractivity contribution >= 4 is 23.5 Å². The first kappa shape index (κ1) is 17.1. The number of hydrogen-bond acceptors (Lipinski definition) is 6. The van der Waals surface area contributed by atoms with Crippen LogP contribution in [0.3, 0.4) is 0 Å². The highest BCUT2D eigenvalue weighted by Crippen LogP contribution is 2.24. The summed E-state index contributed by atoms with van der Waals surface area (Å²) in [4.78, 5) is 22.3. The number of nitrogens with zero attached hydrogens (tertiary/aromatic N) is 4. The van der Waals surface area contributed by atoms with Crippen molar-refractivity contribution < 1.29 is 9.72 Å². The van der Waals surface area contributed by atoms with Gasteiger partial charge in [-0.05, 0) is 26.0 Å². The predicted molar refractivity (Wildman–Crippen MR) is 90.1 cm³/mol. The van der Waals surface area contributed by atoms with Crippen molar-refractivity contribution in [3.8, 4) is 0 Å². The lowest BCUT2D eigenvalue weighted by Crippen LogP contribution is -2.24. The van der Waals surface area contributed by atoms with E-state index < -0.39 is 4.92 Å². The van der Waals surface area contributed by atoms with Crippen LogP contribution >= 0.6 is 0 Å². The van der Waals surface area contributed by atoms with E-state index in [0.29, 0.717) is 11.3 Å².